The third-order valence-electron chi connectivity index (χ3n) is 2.00. The zero-order chi connectivity index (χ0) is 8.43. The number of halogens is 1. The van der Waals surface area contributed by atoms with Crippen LogP contribution in [0.25, 0.3) is 0 Å². The number of rotatable bonds is 2. The van der Waals surface area contributed by atoms with Gasteiger partial charge in [0.05, 0.1) is 5.69 Å². The largest absolute Gasteiger partial charge is 0.272 e. The van der Waals surface area contributed by atoms with Gasteiger partial charge in [-0.3, -0.25) is 4.68 Å². The number of aryl methyl sites for hydroxylation is 2. The lowest BCUT2D eigenvalue weighted by molar-refractivity contribution is 0.730. The van der Waals surface area contributed by atoms with Gasteiger partial charge in [-0.05, 0) is 25.8 Å². The molecule has 0 aromatic carbocycles. The molecule has 0 radical (unpaired) electrons. The minimum absolute atomic E-state index is 1.01. The lowest BCUT2D eigenvalue weighted by atomic mass is 10.1. The van der Waals surface area contributed by atoms with Gasteiger partial charge in [-0.25, -0.2) is 0 Å². The summed E-state index contributed by atoms with van der Waals surface area (Å²) in [4.78, 5) is 0. The van der Waals surface area contributed by atoms with E-state index in [0.717, 1.165) is 17.4 Å². The SMILES string of the molecule is Cc1nn(C)c(C)c1CCBr. The molecule has 0 aliphatic rings. The fourth-order valence-electron chi connectivity index (χ4n) is 1.27. The Labute approximate surface area is 75.7 Å². The Morgan fingerprint density at radius 1 is 1.45 bits per heavy atom. The molecule has 11 heavy (non-hydrogen) atoms. The van der Waals surface area contributed by atoms with Gasteiger partial charge in [-0.2, -0.15) is 5.10 Å². The topological polar surface area (TPSA) is 17.8 Å². The molecule has 0 atom stereocenters. The van der Waals surface area contributed by atoms with E-state index in [1.54, 1.807) is 0 Å². The molecule has 0 spiro atoms. The predicted octanol–water partition coefficient (Wildman–Crippen LogP) is 1.97. The fraction of sp³-hybridized carbons (Fsp3) is 0.625. The Balaban J connectivity index is 3.02. The van der Waals surface area contributed by atoms with Gasteiger partial charge in [0.25, 0.3) is 0 Å². The smallest absolute Gasteiger partial charge is 0.0628 e. The van der Waals surface area contributed by atoms with Crippen molar-refractivity contribution in [3.63, 3.8) is 0 Å². The van der Waals surface area contributed by atoms with E-state index < -0.39 is 0 Å². The molecule has 0 unspecified atom stereocenters. The number of hydrogen-bond acceptors (Lipinski definition) is 1. The molecular weight excluding hydrogens is 204 g/mol. The lowest BCUT2D eigenvalue weighted by Crippen LogP contribution is -1.94. The van der Waals surface area contributed by atoms with Crippen LogP contribution in [-0.2, 0) is 13.5 Å². The van der Waals surface area contributed by atoms with Crippen molar-refractivity contribution in [2.75, 3.05) is 5.33 Å². The normalized spacial score (nSPS) is 10.5. The van der Waals surface area contributed by atoms with Crippen LogP contribution < -0.4 is 0 Å². The Kier molecular flexibility index (Phi) is 2.71. The van der Waals surface area contributed by atoms with Crippen molar-refractivity contribution < 1.29 is 0 Å². The summed E-state index contributed by atoms with van der Waals surface area (Å²) in [6.45, 7) is 4.17. The second-order valence-corrected chi connectivity index (χ2v) is 3.50. The van der Waals surface area contributed by atoms with E-state index in [0.29, 0.717) is 0 Å². The van der Waals surface area contributed by atoms with Gasteiger partial charge in [-0.1, -0.05) is 15.9 Å². The van der Waals surface area contributed by atoms with Gasteiger partial charge in [0.15, 0.2) is 0 Å². The van der Waals surface area contributed by atoms with Gasteiger partial charge in [0.1, 0.15) is 0 Å². The van der Waals surface area contributed by atoms with Crippen molar-refractivity contribution in [1.29, 1.82) is 0 Å². The first-order valence-electron chi connectivity index (χ1n) is 3.72. The van der Waals surface area contributed by atoms with Crippen LogP contribution in [0.4, 0.5) is 0 Å². The molecule has 1 rings (SSSR count). The highest BCUT2D eigenvalue weighted by atomic mass is 79.9. The Morgan fingerprint density at radius 2 is 2.09 bits per heavy atom. The molecule has 1 aromatic heterocycles. The number of hydrogen-bond donors (Lipinski definition) is 0. The van der Waals surface area contributed by atoms with Crippen LogP contribution in [0.2, 0.25) is 0 Å². The maximum atomic E-state index is 4.33. The van der Waals surface area contributed by atoms with Crippen LogP contribution in [0.1, 0.15) is 17.0 Å². The van der Waals surface area contributed by atoms with E-state index in [2.05, 4.69) is 34.9 Å². The van der Waals surface area contributed by atoms with E-state index in [9.17, 15) is 0 Å². The average Bonchev–Trinajstić information content (AvgIpc) is 2.17. The molecular formula is C8H13BrN2. The van der Waals surface area contributed by atoms with E-state index in [1.165, 1.54) is 11.3 Å². The first-order chi connectivity index (χ1) is 5.16. The lowest BCUT2D eigenvalue weighted by Gasteiger charge is -1.96. The monoisotopic (exact) mass is 216 g/mol. The van der Waals surface area contributed by atoms with Crippen molar-refractivity contribution in [1.82, 2.24) is 9.78 Å². The summed E-state index contributed by atoms with van der Waals surface area (Å²) in [5.41, 5.74) is 3.82. The third-order valence-corrected chi connectivity index (χ3v) is 2.40. The molecule has 2 nitrogen and oxygen atoms in total. The highest BCUT2D eigenvalue weighted by molar-refractivity contribution is 9.09. The standard InChI is InChI=1S/C8H13BrN2/c1-6-8(4-5-9)7(2)11(3)10-6/h4-5H2,1-3H3. The Morgan fingerprint density at radius 3 is 2.45 bits per heavy atom. The second kappa shape index (κ2) is 3.39. The zero-order valence-electron chi connectivity index (χ0n) is 7.19. The molecule has 0 aliphatic carbocycles. The van der Waals surface area contributed by atoms with E-state index in [4.69, 9.17) is 0 Å². The van der Waals surface area contributed by atoms with Gasteiger partial charge in [-0.15, -0.1) is 0 Å². The number of aromatic nitrogens is 2. The van der Waals surface area contributed by atoms with Crippen LogP contribution in [0, 0.1) is 13.8 Å². The maximum Gasteiger partial charge on any atom is 0.0628 e. The molecule has 62 valence electrons. The molecule has 0 saturated carbocycles. The minimum Gasteiger partial charge on any atom is -0.272 e. The summed E-state index contributed by atoms with van der Waals surface area (Å²) in [7, 11) is 1.99. The summed E-state index contributed by atoms with van der Waals surface area (Å²) in [5, 5.41) is 5.34. The molecule has 1 aromatic rings. The van der Waals surface area contributed by atoms with Crippen LogP contribution in [0.15, 0.2) is 0 Å². The first kappa shape index (κ1) is 8.78. The first-order valence-corrected chi connectivity index (χ1v) is 4.84. The molecule has 0 saturated heterocycles. The molecule has 0 fully saturated rings. The summed E-state index contributed by atoms with van der Waals surface area (Å²) < 4.78 is 1.94. The summed E-state index contributed by atoms with van der Waals surface area (Å²) in [6.07, 6.45) is 1.07. The van der Waals surface area contributed by atoms with E-state index >= 15 is 0 Å². The minimum atomic E-state index is 1.01. The molecule has 0 amide bonds. The van der Waals surface area contributed by atoms with Crippen LogP contribution >= 0.6 is 15.9 Å². The maximum absolute atomic E-state index is 4.33. The van der Waals surface area contributed by atoms with E-state index in [-0.39, 0.29) is 0 Å². The van der Waals surface area contributed by atoms with Crippen LogP contribution in [0.5, 0.6) is 0 Å². The van der Waals surface area contributed by atoms with Gasteiger partial charge < -0.3 is 0 Å². The molecule has 0 aliphatic heterocycles. The Hall–Kier alpha value is -0.310. The highest BCUT2D eigenvalue weighted by Gasteiger charge is 2.06. The number of nitrogens with zero attached hydrogens (tertiary/aromatic N) is 2. The third kappa shape index (κ3) is 1.64. The molecule has 0 bridgehead atoms. The number of alkyl halides is 1. The van der Waals surface area contributed by atoms with E-state index in [1.807, 2.05) is 11.7 Å². The predicted molar refractivity (Wildman–Crippen MR) is 50.2 cm³/mol. The summed E-state index contributed by atoms with van der Waals surface area (Å²) in [6, 6.07) is 0. The van der Waals surface area contributed by atoms with Crippen molar-refractivity contribution in [3.8, 4) is 0 Å². The highest BCUT2D eigenvalue weighted by Crippen LogP contribution is 2.12. The Bertz CT molecular complexity index is 253. The second-order valence-electron chi connectivity index (χ2n) is 2.71. The van der Waals surface area contributed by atoms with Crippen molar-refractivity contribution in [2.24, 2.45) is 7.05 Å². The van der Waals surface area contributed by atoms with Crippen LogP contribution in [-0.4, -0.2) is 15.1 Å². The van der Waals surface area contributed by atoms with Crippen molar-refractivity contribution >= 4 is 15.9 Å². The average molecular weight is 217 g/mol. The van der Waals surface area contributed by atoms with Gasteiger partial charge in [0.2, 0.25) is 0 Å². The van der Waals surface area contributed by atoms with Gasteiger partial charge in [0, 0.05) is 18.1 Å². The van der Waals surface area contributed by atoms with Crippen molar-refractivity contribution in [2.45, 2.75) is 20.3 Å². The summed E-state index contributed by atoms with van der Waals surface area (Å²) in [5.74, 6) is 0. The molecule has 0 N–H and O–H groups in total. The van der Waals surface area contributed by atoms with Crippen LogP contribution in [0.3, 0.4) is 0 Å². The molecule has 3 heteroatoms. The quantitative estimate of drug-likeness (QED) is 0.692. The zero-order valence-corrected chi connectivity index (χ0v) is 8.77. The fourth-order valence-corrected chi connectivity index (χ4v) is 1.67. The summed E-state index contributed by atoms with van der Waals surface area (Å²) >= 11 is 3.43. The molecule has 1 heterocycles. The van der Waals surface area contributed by atoms with Gasteiger partial charge >= 0.3 is 0 Å². The van der Waals surface area contributed by atoms with Crippen molar-refractivity contribution in [3.05, 3.63) is 17.0 Å².